The summed E-state index contributed by atoms with van der Waals surface area (Å²) in [6.07, 6.45) is 1.74. The van der Waals surface area contributed by atoms with Crippen LogP contribution in [0.3, 0.4) is 0 Å². The fourth-order valence-corrected chi connectivity index (χ4v) is 2.05. The quantitative estimate of drug-likeness (QED) is 0.688. The summed E-state index contributed by atoms with van der Waals surface area (Å²) in [5, 5.41) is 12.0. The van der Waals surface area contributed by atoms with Crippen molar-refractivity contribution in [2.75, 3.05) is 26.2 Å². The number of hydrogen-bond donors (Lipinski definition) is 2. The van der Waals surface area contributed by atoms with Crippen LogP contribution in [0.15, 0.2) is 0 Å². The average Bonchev–Trinajstić information content (AvgIpc) is 2.65. The molecule has 1 saturated heterocycles. The number of carbonyl (C=O) groups is 1. The fourth-order valence-electron chi connectivity index (χ4n) is 2.05. The van der Waals surface area contributed by atoms with E-state index < -0.39 is 0 Å². The maximum atomic E-state index is 12.1. The Morgan fingerprint density at radius 3 is 2.80 bits per heavy atom. The van der Waals surface area contributed by atoms with Crippen molar-refractivity contribution in [3.8, 4) is 0 Å². The third kappa shape index (κ3) is 3.18. The summed E-state index contributed by atoms with van der Waals surface area (Å²) in [4.78, 5) is 13.9. The number of nitrogens with zero attached hydrogens (tertiary/aromatic N) is 1. The van der Waals surface area contributed by atoms with Crippen LogP contribution < -0.4 is 5.32 Å². The molecule has 0 bridgehead atoms. The van der Waals surface area contributed by atoms with Gasteiger partial charge in [-0.05, 0) is 32.2 Å². The zero-order valence-corrected chi connectivity index (χ0v) is 9.70. The van der Waals surface area contributed by atoms with E-state index >= 15 is 0 Å². The maximum absolute atomic E-state index is 12.1. The molecule has 4 heteroatoms. The van der Waals surface area contributed by atoms with Gasteiger partial charge in [-0.1, -0.05) is 6.92 Å². The Morgan fingerprint density at radius 1 is 1.60 bits per heavy atom. The van der Waals surface area contributed by atoms with Crippen molar-refractivity contribution < 1.29 is 9.90 Å². The van der Waals surface area contributed by atoms with Crippen LogP contribution in [0.5, 0.6) is 0 Å². The van der Waals surface area contributed by atoms with E-state index in [4.69, 9.17) is 5.11 Å². The van der Waals surface area contributed by atoms with Gasteiger partial charge in [-0.25, -0.2) is 0 Å². The average molecular weight is 214 g/mol. The first-order valence-electron chi connectivity index (χ1n) is 5.83. The molecule has 2 N–H and O–H groups in total. The molecule has 0 radical (unpaired) electrons. The molecule has 2 atom stereocenters. The Kier molecular flexibility index (Phi) is 5.05. The minimum atomic E-state index is -0.0105. The summed E-state index contributed by atoms with van der Waals surface area (Å²) >= 11 is 0. The number of hydrogen-bond acceptors (Lipinski definition) is 3. The number of carbonyl (C=O) groups excluding carboxylic acids is 1. The van der Waals surface area contributed by atoms with Crippen LogP contribution in [-0.4, -0.2) is 48.2 Å². The van der Waals surface area contributed by atoms with Gasteiger partial charge in [0.25, 0.3) is 0 Å². The molecule has 0 saturated carbocycles. The van der Waals surface area contributed by atoms with Gasteiger partial charge in [-0.3, -0.25) is 4.79 Å². The molecule has 88 valence electrons. The minimum absolute atomic E-state index is 0.0105. The van der Waals surface area contributed by atoms with Gasteiger partial charge in [0.15, 0.2) is 0 Å². The number of amides is 1. The first-order chi connectivity index (χ1) is 7.20. The first kappa shape index (κ1) is 12.5. The number of nitrogens with one attached hydrogen (secondary N) is 1. The van der Waals surface area contributed by atoms with Gasteiger partial charge in [-0.2, -0.15) is 0 Å². The van der Waals surface area contributed by atoms with E-state index in [1.54, 1.807) is 0 Å². The second kappa shape index (κ2) is 6.08. The molecule has 2 unspecified atom stereocenters. The molecule has 0 aliphatic carbocycles. The second-order valence-electron chi connectivity index (χ2n) is 4.19. The fraction of sp³-hybridized carbons (Fsp3) is 0.909. The molecule has 0 aromatic carbocycles. The molecule has 0 spiro atoms. The second-order valence-corrected chi connectivity index (χ2v) is 4.19. The highest BCUT2D eigenvalue weighted by atomic mass is 16.3. The van der Waals surface area contributed by atoms with Crippen molar-refractivity contribution in [1.82, 2.24) is 10.2 Å². The number of aliphatic hydroxyl groups excluding tert-OH is 1. The van der Waals surface area contributed by atoms with E-state index in [-0.39, 0.29) is 18.6 Å². The smallest absolute Gasteiger partial charge is 0.239 e. The van der Waals surface area contributed by atoms with Crippen molar-refractivity contribution in [3.05, 3.63) is 0 Å². The monoisotopic (exact) mass is 214 g/mol. The normalized spacial score (nSPS) is 25.5. The highest BCUT2D eigenvalue weighted by Gasteiger charge is 2.31. The molecule has 4 nitrogen and oxygen atoms in total. The van der Waals surface area contributed by atoms with E-state index in [1.165, 1.54) is 0 Å². The zero-order chi connectivity index (χ0) is 11.3. The van der Waals surface area contributed by atoms with Crippen LogP contribution in [0.1, 0.15) is 26.7 Å². The topological polar surface area (TPSA) is 52.6 Å². The number of aliphatic hydroxyl groups is 1. The molecule has 0 aromatic heterocycles. The molecular weight excluding hydrogens is 192 g/mol. The molecule has 1 aliphatic heterocycles. The Bertz CT molecular complexity index is 209. The molecule has 0 aromatic rings. The zero-order valence-electron chi connectivity index (χ0n) is 9.70. The Balaban J connectivity index is 2.48. The predicted octanol–water partition coefficient (Wildman–Crippen LogP) is 0.215. The lowest BCUT2D eigenvalue weighted by Gasteiger charge is -2.26. The molecular formula is C11H22N2O2. The van der Waals surface area contributed by atoms with Crippen LogP contribution >= 0.6 is 0 Å². The lowest BCUT2D eigenvalue weighted by atomic mass is 10.0. The predicted molar refractivity (Wildman–Crippen MR) is 59.5 cm³/mol. The van der Waals surface area contributed by atoms with Crippen molar-refractivity contribution in [2.24, 2.45) is 5.92 Å². The molecule has 1 rings (SSSR count). The number of rotatable bonds is 5. The molecule has 1 fully saturated rings. The largest absolute Gasteiger partial charge is 0.396 e. The van der Waals surface area contributed by atoms with Crippen LogP contribution in [0, 0.1) is 5.92 Å². The van der Waals surface area contributed by atoms with Gasteiger partial charge in [0, 0.05) is 19.7 Å². The van der Waals surface area contributed by atoms with E-state index in [9.17, 15) is 4.79 Å². The highest BCUT2D eigenvalue weighted by Crippen LogP contribution is 2.16. The van der Waals surface area contributed by atoms with Crippen LogP contribution in [0.4, 0.5) is 0 Å². The summed E-state index contributed by atoms with van der Waals surface area (Å²) in [6, 6.07) is -0.0105. The summed E-state index contributed by atoms with van der Waals surface area (Å²) in [7, 11) is 0. The van der Waals surface area contributed by atoms with E-state index in [1.807, 2.05) is 11.8 Å². The van der Waals surface area contributed by atoms with Gasteiger partial charge in [0.05, 0.1) is 6.04 Å². The van der Waals surface area contributed by atoms with Crippen molar-refractivity contribution in [3.63, 3.8) is 0 Å². The van der Waals surface area contributed by atoms with Crippen molar-refractivity contribution in [1.29, 1.82) is 0 Å². The summed E-state index contributed by atoms with van der Waals surface area (Å²) in [6.45, 7) is 6.57. The maximum Gasteiger partial charge on any atom is 0.239 e. The van der Waals surface area contributed by atoms with Crippen molar-refractivity contribution in [2.45, 2.75) is 32.7 Å². The lowest BCUT2D eigenvalue weighted by molar-refractivity contribution is -0.133. The van der Waals surface area contributed by atoms with Gasteiger partial charge in [0.2, 0.25) is 5.91 Å². The Hall–Kier alpha value is -0.610. The Labute approximate surface area is 91.6 Å². The summed E-state index contributed by atoms with van der Waals surface area (Å²) in [5.74, 6) is 0.622. The summed E-state index contributed by atoms with van der Waals surface area (Å²) < 4.78 is 0. The van der Waals surface area contributed by atoms with Gasteiger partial charge >= 0.3 is 0 Å². The van der Waals surface area contributed by atoms with Gasteiger partial charge < -0.3 is 15.3 Å². The third-order valence-corrected chi connectivity index (χ3v) is 3.08. The molecule has 1 aliphatic rings. The van der Waals surface area contributed by atoms with Gasteiger partial charge in [-0.15, -0.1) is 0 Å². The van der Waals surface area contributed by atoms with Crippen molar-refractivity contribution >= 4 is 5.91 Å². The third-order valence-electron chi connectivity index (χ3n) is 3.08. The molecule has 1 amide bonds. The number of likely N-dealkylation sites (N-methyl/N-ethyl adjacent to an activating group) is 1. The van der Waals surface area contributed by atoms with E-state index in [0.717, 1.165) is 19.5 Å². The van der Waals surface area contributed by atoms with Crippen LogP contribution in [0.25, 0.3) is 0 Å². The first-order valence-corrected chi connectivity index (χ1v) is 5.83. The Morgan fingerprint density at radius 2 is 2.33 bits per heavy atom. The molecule has 1 heterocycles. The standard InChI is InChI=1S/C11H22N2O2/c1-3-13(7-4-8-14)11(15)10-9(2)5-6-12-10/h9-10,12,14H,3-8H2,1-2H3. The van der Waals surface area contributed by atoms with Gasteiger partial charge in [0.1, 0.15) is 0 Å². The minimum Gasteiger partial charge on any atom is -0.396 e. The van der Waals surface area contributed by atoms with E-state index in [2.05, 4.69) is 12.2 Å². The SMILES string of the molecule is CCN(CCCO)C(=O)C1NCCC1C. The molecule has 15 heavy (non-hydrogen) atoms. The lowest BCUT2D eigenvalue weighted by Crippen LogP contribution is -2.46. The highest BCUT2D eigenvalue weighted by molar-refractivity contribution is 5.82. The van der Waals surface area contributed by atoms with Crippen LogP contribution in [-0.2, 0) is 4.79 Å². The summed E-state index contributed by atoms with van der Waals surface area (Å²) in [5.41, 5.74) is 0. The van der Waals surface area contributed by atoms with Crippen LogP contribution in [0.2, 0.25) is 0 Å². The van der Waals surface area contributed by atoms with E-state index in [0.29, 0.717) is 18.9 Å².